The minimum atomic E-state index is 0.585. The molecule has 2 aromatic rings. The van der Waals surface area contributed by atoms with Crippen LogP contribution in [0.25, 0.3) is 5.52 Å². The topological polar surface area (TPSA) is 43.3 Å². The Morgan fingerprint density at radius 2 is 2.36 bits per heavy atom. The highest BCUT2D eigenvalue weighted by Gasteiger charge is 1.93. The molecule has 0 aliphatic carbocycles. The van der Waals surface area contributed by atoms with Crippen LogP contribution in [0.3, 0.4) is 0 Å². The van der Waals surface area contributed by atoms with Crippen LogP contribution in [0, 0.1) is 0 Å². The van der Waals surface area contributed by atoms with Crippen LogP contribution in [0.2, 0.25) is 0 Å². The van der Waals surface area contributed by atoms with E-state index in [-0.39, 0.29) is 0 Å². The average molecular weight is 147 g/mol. The molecule has 0 amide bonds. The summed E-state index contributed by atoms with van der Waals surface area (Å²) in [6, 6.07) is 5.96. The van der Waals surface area contributed by atoms with Crippen molar-refractivity contribution in [3.8, 4) is 0 Å². The molecule has 0 radical (unpaired) electrons. The Morgan fingerprint density at radius 3 is 3.18 bits per heavy atom. The van der Waals surface area contributed by atoms with Crippen LogP contribution in [0.15, 0.2) is 30.6 Å². The van der Waals surface area contributed by atoms with Crippen molar-refractivity contribution in [2.75, 3.05) is 0 Å². The molecule has 56 valence electrons. The summed E-state index contributed by atoms with van der Waals surface area (Å²) in [6.45, 7) is 0.585. The van der Waals surface area contributed by atoms with Gasteiger partial charge in [-0.25, -0.2) is 4.52 Å². The minimum Gasteiger partial charge on any atom is -0.326 e. The first-order valence-corrected chi connectivity index (χ1v) is 3.52. The molecule has 0 saturated heterocycles. The summed E-state index contributed by atoms with van der Waals surface area (Å²) in [6.07, 6.45) is 3.69. The van der Waals surface area contributed by atoms with Gasteiger partial charge < -0.3 is 5.73 Å². The van der Waals surface area contributed by atoms with Gasteiger partial charge in [0.15, 0.2) is 0 Å². The highest BCUT2D eigenvalue weighted by molar-refractivity contribution is 5.47. The highest BCUT2D eigenvalue weighted by atomic mass is 15.2. The first-order valence-electron chi connectivity index (χ1n) is 3.52. The van der Waals surface area contributed by atoms with E-state index in [1.165, 1.54) is 0 Å². The summed E-state index contributed by atoms with van der Waals surface area (Å²) < 4.78 is 1.82. The van der Waals surface area contributed by atoms with Crippen LogP contribution in [0.5, 0.6) is 0 Å². The molecule has 0 saturated carbocycles. The molecule has 0 aliphatic heterocycles. The Kier molecular flexibility index (Phi) is 1.36. The molecule has 2 heterocycles. The zero-order valence-corrected chi connectivity index (χ0v) is 6.07. The second-order valence-electron chi connectivity index (χ2n) is 2.44. The van der Waals surface area contributed by atoms with Gasteiger partial charge in [-0.1, -0.05) is 0 Å². The van der Waals surface area contributed by atoms with Crippen molar-refractivity contribution < 1.29 is 0 Å². The van der Waals surface area contributed by atoms with E-state index in [1.807, 2.05) is 28.9 Å². The Balaban J connectivity index is 2.67. The largest absolute Gasteiger partial charge is 0.326 e. The molecule has 0 aliphatic rings. The smallest absolute Gasteiger partial charge is 0.0664 e. The lowest BCUT2D eigenvalue weighted by atomic mass is 10.2. The van der Waals surface area contributed by atoms with Crippen LogP contribution < -0.4 is 5.73 Å². The maximum absolute atomic E-state index is 5.48. The van der Waals surface area contributed by atoms with Gasteiger partial charge >= 0.3 is 0 Å². The van der Waals surface area contributed by atoms with Crippen LogP contribution in [-0.4, -0.2) is 9.61 Å². The number of rotatable bonds is 1. The van der Waals surface area contributed by atoms with Gasteiger partial charge in [-0.15, -0.1) is 0 Å². The number of nitrogens with zero attached hydrogens (tertiary/aromatic N) is 2. The van der Waals surface area contributed by atoms with Gasteiger partial charge in [-0.3, -0.25) is 0 Å². The molecule has 2 rings (SSSR count). The third kappa shape index (κ3) is 0.991. The molecule has 11 heavy (non-hydrogen) atoms. The van der Waals surface area contributed by atoms with Crippen molar-refractivity contribution in [3.05, 3.63) is 36.2 Å². The average Bonchev–Trinajstić information content (AvgIpc) is 2.50. The third-order valence-corrected chi connectivity index (χ3v) is 1.70. The van der Waals surface area contributed by atoms with E-state index in [4.69, 9.17) is 5.73 Å². The van der Waals surface area contributed by atoms with E-state index in [2.05, 4.69) is 5.10 Å². The molecule has 0 fully saturated rings. The molecule has 0 unspecified atom stereocenters. The molecule has 0 atom stereocenters. The van der Waals surface area contributed by atoms with Crippen molar-refractivity contribution >= 4 is 5.52 Å². The Labute approximate surface area is 64.4 Å². The van der Waals surface area contributed by atoms with Gasteiger partial charge in [-0.05, 0) is 23.8 Å². The zero-order chi connectivity index (χ0) is 7.68. The number of hydrogen-bond donors (Lipinski definition) is 1. The van der Waals surface area contributed by atoms with Crippen molar-refractivity contribution in [3.63, 3.8) is 0 Å². The van der Waals surface area contributed by atoms with Gasteiger partial charge in [-0.2, -0.15) is 5.10 Å². The minimum absolute atomic E-state index is 0.585. The summed E-state index contributed by atoms with van der Waals surface area (Å²) in [4.78, 5) is 0. The van der Waals surface area contributed by atoms with E-state index in [9.17, 15) is 0 Å². The molecule has 0 bridgehead atoms. The maximum Gasteiger partial charge on any atom is 0.0664 e. The summed E-state index contributed by atoms with van der Waals surface area (Å²) in [7, 11) is 0. The SMILES string of the molecule is NCc1ccn2nccc2c1. The van der Waals surface area contributed by atoms with E-state index >= 15 is 0 Å². The molecule has 3 heteroatoms. The maximum atomic E-state index is 5.48. The number of fused-ring (bicyclic) bond motifs is 1. The van der Waals surface area contributed by atoms with Crippen LogP contribution in [0.4, 0.5) is 0 Å². The predicted octanol–water partition coefficient (Wildman–Crippen LogP) is 0.793. The van der Waals surface area contributed by atoms with Crippen LogP contribution in [0.1, 0.15) is 5.56 Å². The standard InChI is InChI=1S/C8H9N3/c9-6-7-2-4-11-8(5-7)1-3-10-11/h1-5H,6,9H2. The number of pyridine rings is 1. The van der Waals surface area contributed by atoms with Crippen molar-refractivity contribution in [2.45, 2.75) is 6.54 Å². The molecule has 0 spiro atoms. The summed E-state index contributed by atoms with van der Waals surface area (Å²) in [5.74, 6) is 0. The van der Waals surface area contributed by atoms with Gasteiger partial charge in [0.2, 0.25) is 0 Å². The second kappa shape index (κ2) is 2.36. The van der Waals surface area contributed by atoms with E-state index in [0.717, 1.165) is 11.1 Å². The Bertz CT molecular complexity index is 364. The Hall–Kier alpha value is -1.35. The summed E-state index contributed by atoms with van der Waals surface area (Å²) in [5.41, 5.74) is 7.71. The lowest BCUT2D eigenvalue weighted by molar-refractivity contribution is 0.947. The van der Waals surface area contributed by atoms with E-state index in [1.54, 1.807) is 6.20 Å². The number of aromatic nitrogens is 2. The monoisotopic (exact) mass is 147 g/mol. The van der Waals surface area contributed by atoms with E-state index in [0.29, 0.717) is 6.54 Å². The zero-order valence-electron chi connectivity index (χ0n) is 6.07. The fraction of sp³-hybridized carbons (Fsp3) is 0.125. The molecule has 2 N–H and O–H groups in total. The van der Waals surface area contributed by atoms with Gasteiger partial charge in [0.05, 0.1) is 5.52 Å². The normalized spacial score (nSPS) is 10.6. The predicted molar refractivity (Wildman–Crippen MR) is 43.1 cm³/mol. The molecule has 2 aromatic heterocycles. The lowest BCUT2D eigenvalue weighted by Crippen LogP contribution is -1.97. The molecule has 3 nitrogen and oxygen atoms in total. The van der Waals surface area contributed by atoms with Gasteiger partial charge in [0, 0.05) is 18.9 Å². The Morgan fingerprint density at radius 1 is 1.45 bits per heavy atom. The number of hydrogen-bond acceptors (Lipinski definition) is 2. The lowest BCUT2D eigenvalue weighted by Gasteiger charge is -1.96. The summed E-state index contributed by atoms with van der Waals surface area (Å²) >= 11 is 0. The van der Waals surface area contributed by atoms with Crippen LogP contribution in [-0.2, 0) is 6.54 Å². The van der Waals surface area contributed by atoms with Crippen molar-refractivity contribution in [1.82, 2.24) is 9.61 Å². The van der Waals surface area contributed by atoms with Gasteiger partial charge in [0.1, 0.15) is 0 Å². The van der Waals surface area contributed by atoms with Crippen LogP contribution >= 0.6 is 0 Å². The quantitative estimate of drug-likeness (QED) is 0.648. The van der Waals surface area contributed by atoms with E-state index < -0.39 is 0 Å². The third-order valence-electron chi connectivity index (χ3n) is 1.70. The fourth-order valence-corrected chi connectivity index (χ4v) is 1.09. The summed E-state index contributed by atoms with van der Waals surface area (Å²) in [5, 5.41) is 4.07. The first kappa shape index (κ1) is 6.37. The van der Waals surface area contributed by atoms with Crippen molar-refractivity contribution in [1.29, 1.82) is 0 Å². The second-order valence-corrected chi connectivity index (χ2v) is 2.44. The first-order chi connectivity index (χ1) is 5.40. The molecule has 0 aromatic carbocycles. The number of nitrogens with two attached hydrogens (primary N) is 1. The molecular weight excluding hydrogens is 138 g/mol. The highest BCUT2D eigenvalue weighted by Crippen LogP contribution is 2.04. The van der Waals surface area contributed by atoms with Crippen molar-refractivity contribution in [2.24, 2.45) is 5.73 Å². The fourth-order valence-electron chi connectivity index (χ4n) is 1.09. The molecular formula is C8H9N3. The van der Waals surface area contributed by atoms with Gasteiger partial charge in [0.25, 0.3) is 0 Å².